The van der Waals surface area contributed by atoms with E-state index < -0.39 is 33.1 Å². The second-order valence-electron chi connectivity index (χ2n) is 2.83. The lowest BCUT2D eigenvalue weighted by Crippen LogP contribution is -2.32. The minimum atomic E-state index is -3.92. The van der Waals surface area contributed by atoms with Crippen molar-refractivity contribution in [2.24, 2.45) is 0 Å². The van der Waals surface area contributed by atoms with Crippen LogP contribution in [0.2, 0.25) is 0 Å². The van der Waals surface area contributed by atoms with Gasteiger partial charge in [-0.25, -0.2) is 0 Å². The van der Waals surface area contributed by atoms with E-state index in [1.807, 2.05) is 0 Å². The van der Waals surface area contributed by atoms with Gasteiger partial charge in [-0.2, -0.15) is 13.2 Å². The molecule has 0 aliphatic heterocycles. The van der Waals surface area contributed by atoms with Gasteiger partial charge in [0.2, 0.25) is 10.7 Å². The molecule has 0 spiro atoms. The van der Waals surface area contributed by atoms with Gasteiger partial charge in [0.25, 0.3) is 0 Å². The molecule has 0 amide bonds. The largest absolute Gasteiger partial charge is 0.430 e. The Morgan fingerprint density at radius 2 is 2.00 bits per heavy atom. The van der Waals surface area contributed by atoms with Crippen molar-refractivity contribution in [1.29, 1.82) is 0 Å². The monoisotopic (exact) mass is 289 g/mol. The summed E-state index contributed by atoms with van der Waals surface area (Å²) in [6.45, 7) is 0. The molecule has 1 rings (SSSR count). The van der Waals surface area contributed by atoms with Crippen LogP contribution in [0.3, 0.4) is 0 Å². The summed E-state index contributed by atoms with van der Waals surface area (Å²) < 4.78 is 42.8. The van der Waals surface area contributed by atoms with E-state index in [0.29, 0.717) is 12.1 Å². The molecule has 0 heterocycles. The topological polar surface area (TPSA) is 52.4 Å². The molecule has 0 unspecified atom stereocenters. The summed E-state index contributed by atoms with van der Waals surface area (Å²) in [5, 5.41) is 10.3. The SMILES string of the molecule is O=[N+]([O-])c1ccc(OC(F)(F)C(Cl)Cl)cc1F. The molecule has 17 heavy (non-hydrogen) atoms. The zero-order valence-corrected chi connectivity index (χ0v) is 9.38. The molecule has 0 radical (unpaired) electrons. The quantitative estimate of drug-likeness (QED) is 0.484. The van der Waals surface area contributed by atoms with Crippen LogP contribution < -0.4 is 4.74 Å². The Bertz CT molecular complexity index is 442. The van der Waals surface area contributed by atoms with Crippen molar-refractivity contribution < 1.29 is 22.8 Å². The smallest absolute Gasteiger partial charge is 0.428 e. The Morgan fingerprint density at radius 3 is 2.41 bits per heavy atom. The highest BCUT2D eigenvalue weighted by Crippen LogP contribution is 2.31. The number of halogens is 5. The summed E-state index contributed by atoms with van der Waals surface area (Å²) in [7, 11) is 0. The third-order valence-corrected chi connectivity index (χ3v) is 2.13. The number of nitrogens with zero attached hydrogens (tertiary/aromatic N) is 1. The molecule has 9 heteroatoms. The third kappa shape index (κ3) is 3.37. The van der Waals surface area contributed by atoms with Crippen molar-refractivity contribution in [2.75, 3.05) is 0 Å². The first kappa shape index (κ1) is 13.9. The summed E-state index contributed by atoms with van der Waals surface area (Å²) in [4.78, 5) is 7.11. The average Bonchev–Trinajstić information content (AvgIpc) is 2.15. The molecular weight excluding hydrogens is 286 g/mol. The molecule has 0 aliphatic rings. The number of hydrogen-bond acceptors (Lipinski definition) is 3. The van der Waals surface area contributed by atoms with E-state index in [1.165, 1.54) is 0 Å². The van der Waals surface area contributed by atoms with Crippen LogP contribution in [0.5, 0.6) is 5.75 Å². The number of alkyl halides is 4. The predicted octanol–water partition coefficient (Wildman–Crippen LogP) is 3.51. The second kappa shape index (κ2) is 4.97. The molecule has 4 nitrogen and oxygen atoms in total. The van der Waals surface area contributed by atoms with Gasteiger partial charge in [-0.1, -0.05) is 23.2 Å². The number of nitro benzene ring substituents is 1. The van der Waals surface area contributed by atoms with Gasteiger partial charge in [-0.3, -0.25) is 10.1 Å². The van der Waals surface area contributed by atoms with E-state index in [2.05, 4.69) is 4.74 Å². The highest BCUT2D eigenvalue weighted by molar-refractivity contribution is 6.44. The van der Waals surface area contributed by atoms with Crippen molar-refractivity contribution in [3.8, 4) is 5.75 Å². The van der Waals surface area contributed by atoms with E-state index >= 15 is 0 Å². The first-order chi connectivity index (χ1) is 7.74. The van der Waals surface area contributed by atoms with Crippen LogP contribution in [0.15, 0.2) is 18.2 Å². The van der Waals surface area contributed by atoms with E-state index in [1.54, 1.807) is 0 Å². The Labute approximate surface area is 103 Å². The first-order valence-corrected chi connectivity index (χ1v) is 4.90. The minimum Gasteiger partial charge on any atom is -0.430 e. The molecule has 0 aromatic heterocycles. The van der Waals surface area contributed by atoms with Gasteiger partial charge >= 0.3 is 11.8 Å². The Morgan fingerprint density at radius 1 is 1.41 bits per heavy atom. The lowest BCUT2D eigenvalue weighted by Gasteiger charge is -2.18. The van der Waals surface area contributed by atoms with E-state index in [0.717, 1.165) is 6.07 Å². The fraction of sp³-hybridized carbons (Fsp3) is 0.250. The van der Waals surface area contributed by atoms with Gasteiger partial charge in [0.15, 0.2) is 0 Å². The van der Waals surface area contributed by atoms with E-state index in [-0.39, 0.29) is 0 Å². The highest BCUT2D eigenvalue weighted by atomic mass is 35.5. The van der Waals surface area contributed by atoms with Crippen LogP contribution in [-0.4, -0.2) is 15.9 Å². The van der Waals surface area contributed by atoms with Crippen molar-refractivity contribution in [1.82, 2.24) is 0 Å². The van der Waals surface area contributed by atoms with Crippen LogP contribution >= 0.6 is 23.2 Å². The van der Waals surface area contributed by atoms with Gasteiger partial charge in [0.1, 0.15) is 5.75 Å². The molecule has 0 fully saturated rings. The molecule has 0 bridgehead atoms. The Kier molecular flexibility index (Phi) is 4.05. The molecule has 1 aromatic carbocycles. The zero-order valence-electron chi connectivity index (χ0n) is 7.87. The highest BCUT2D eigenvalue weighted by Gasteiger charge is 2.40. The third-order valence-electron chi connectivity index (χ3n) is 1.62. The molecule has 0 saturated heterocycles. The lowest BCUT2D eigenvalue weighted by atomic mass is 10.3. The van der Waals surface area contributed by atoms with Crippen LogP contribution in [0.1, 0.15) is 0 Å². The maximum absolute atomic E-state index is 13.0. The molecule has 0 atom stereocenters. The van der Waals surface area contributed by atoms with Crippen molar-refractivity contribution in [3.05, 3.63) is 34.1 Å². The standard InChI is InChI=1S/C8H4Cl2F3NO3/c9-7(10)8(12,13)17-4-1-2-6(14(15)16)5(11)3-4/h1-3,7H. The van der Waals surface area contributed by atoms with Gasteiger partial charge < -0.3 is 4.74 Å². The normalized spacial score (nSPS) is 11.6. The summed E-state index contributed by atoms with van der Waals surface area (Å²) in [5.41, 5.74) is -0.853. The average molecular weight is 290 g/mol. The molecule has 1 aromatic rings. The Balaban J connectivity index is 2.96. The predicted molar refractivity (Wildman–Crippen MR) is 54.1 cm³/mol. The molecule has 0 saturated carbocycles. The number of benzene rings is 1. The van der Waals surface area contributed by atoms with E-state index in [9.17, 15) is 23.3 Å². The van der Waals surface area contributed by atoms with Gasteiger partial charge in [-0.15, -0.1) is 0 Å². The van der Waals surface area contributed by atoms with Crippen LogP contribution in [-0.2, 0) is 0 Å². The summed E-state index contributed by atoms with van der Waals surface area (Å²) in [6, 6.07) is 1.95. The zero-order chi connectivity index (χ0) is 13.2. The van der Waals surface area contributed by atoms with E-state index in [4.69, 9.17) is 23.2 Å². The number of ether oxygens (including phenoxy) is 1. The Hall–Kier alpha value is -1.21. The minimum absolute atomic E-state index is 0.447. The molecule has 94 valence electrons. The summed E-state index contributed by atoms with van der Waals surface area (Å²) >= 11 is 9.86. The van der Waals surface area contributed by atoms with Crippen molar-refractivity contribution in [2.45, 2.75) is 10.9 Å². The van der Waals surface area contributed by atoms with Gasteiger partial charge in [0, 0.05) is 12.1 Å². The van der Waals surface area contributed by atoms with Crippen molar-refractivity contribution in [3.63, 3.8) is 0 Å². The maximum Gasteiger partial charge on any atom is 0.428 e. The maximum atomic E-state index is 13.0. The lowest BCUT2D eigenvalue weighted by molar-refractivity contribution is -0.387. The summed E-state index contributed by atoms with van der Waals surface area (Å²) in [5.74, 6) is -1.92. The van der Waals surface area contributed by atoms with Crippen LogP contribution in [0.4, 0.5) is 18.9 Å². The molecule has 0 aliphatic carbocycles. The van der Waals surface area contributed by atoms with Gasteiger partial charge in [-0.05, 0) is 6.07 Å². The number of nitro groups is 1. The molecule has 0 N–H and O–H groups in total. The van der Waals surface area contributed by atoms with Gasteiger partial charge in [0.05, 0.1) is 4.92 Å². The summed E-state index contributed by atoms with van der Waals surface area (Å²) in [6.07, 6.45) is -3.92. The number of hydrogen-bond donors (Lipinski definition) is 0. The fourth-order valence-electron chi connectivity index (χ4n) is 0.901. The van der Waals surface area contributed by atoms with Crippen LogP contribution in [0, 0.1) is 15.9 Å². The first-order valence-electron chi connectivity index (χ1n) is 4.03. The van der Waals surface area contributed by atoms with Crippen molar-refractivity contribution >= 4 is 28.9 Å². The molecular formula is C8H4Cl2F3NO3. The second-order valence-corrected chi connectivity index (χ2v) is 3.93. The van der Waals surface area contributed by atoms with Crippen LogP contribution in [0.25, 0.3) is 0 Å². The number of rotatable bonds is 4. The fourth-order valence-corrected chi connectivity index (χ4v) is 0.990.